The fourth-order valence-electron chi connectivity index (χ4n) is 3.78. The van der Waals surface area contributed by atoms with E-state index in [2.05, 4.69) is 25.9 Å². The van der Waals surface area contributed by atoms with Gasteiger partial charge in [-0.25, -0.2) is 9.78 Å². The predicted molar refractivity (Wildman–Crippen MR) is 138 cm³/mol. The molecule has 0 aliphatic carbocycles. The van der Waals surface area contributed by atoms with Crippen molar-refractivity contribution in [3.8, 4) is 0 Å². The van der Waals surface area contributed by atoms with Gasteiger partial charge in [-0.2, -0.15) is 0 Å². The molecular weight excluding hydrogens is 476 g/mol. The standard InChI is InChI=1S/C26H38N6O5/c1-5-16(4)22(26(36)37)32-25(35)21(15(2)3)31-24(34)20(12-18-13-28-14-29-18)30-23(33)19(27)11-17-9-7-6-8-10-17/h6-10,13-16,19-22H,5,11-12,27H2,1-4H3,(H,28,29)(H,30,33)(H,31,34)(H,32,35)(H,36,37). The summed E-state index contributed by atoms with van der Waals surface area (Å²) in [5.74, 6) is -3.52. The number of carboxylic acids is 1. The smallest absolute Gasteiger partial charge is 0.326 e. The monoisotopic (exact) mass is 514 g/mol. The lowest BCUT2D eigenvalue weighted by atomic mass is 9.97. The van der Waals surface area contributed by atoms with E-state index in [-0.39, 0.29) is 24.7 Å². The lowest BCUT2D eigenvalue weighted by Crippen LogP contribution is -2.59. The van der Waals surface area contributed by atoms with Crippen molar-refractivity contribution >= 4 is 23.7 Å². The highest BCUT2D eigenvalue weighted by Crippen LogP contribution is 2.11. The maximum absolute atomic E-state index is 13.3. The summed E-state index contributed by atoms with van der Waals surface area (Å²) in [7, 11) is 0. The second kappa shape index (κ2) is 14.1. The van der Waals surface area contributed by atoms with Crippen molar-refractivity contribution in [1.82, 2.24) is 25.9 Å². The van der Waals surface area contributed by atoms with E-state index < -0.39 is 47.9 Å². The third-order valence-corrected chi connectivity index (χ3v) is 6.27. The molecule has 0 fully saturated rings. The first-order chi connectivity index (χ1) is 17.5. The van der Waals surface area contributed by atoms with Crippen LogP contribution in [0.1, 0.15) is 45.4 Å². The van der Waals surface area contributed by atoms with Gasteiger partial charge < -0.3 is 31.8 Å². The summed E-state index contributed by atoms with van der Waals surface area (Å²) in [6.45, 7) is 7.04. The average Bonchev–Trinajstić information content (AvgIpc) is 3.38. The van der Waals surface area contributed by atoms with Crippen molar-refractivity contribution in [2.24, 2.45) is 17.6 Å². The SMILES string of the molecule is CCC(C)C(NC(=O)C(NC(=O)C(Cc1cnc[nH]1)NC(=O)C(N)Cc1ccccc1)C(C)C)C(=O)O. The fourth-order valence-corrected chi connectivity index (χ4v) is 3.78. The van der Waals surface area contributed by atoms with Crippen molar-refractivity contribution in [3.63, 3.8) is 0 Å². The number of aromatic amines is 1. The van der Waals surface area contributed by atoms with Gasteiger partial charge in [0.25, 0.3) is 0 Å². The molecule has 5 unspecified atom stereocenters. The first kappa shape index (κ1) is 29.5. The molecule has 0 radical (unpaired) electrons. The van der Waals surface area contributed by atoms with Gasteiger partial charge >= 0.3 is 5.97 Å². The number of nitrogens with one attached hydrogen (secondary N) is 4. The number of H-pyrrole nitrogens is 1. The molecule has 2 aromatic rings. The van der Waals surface area contributed by atoms with Crippen LogP contribution in [-0.4, -0.2) is 62.9 Å². The lowest BCUT2D eigenvalue weighted by Gasteiger charge is -2.28. The van der Waals surface area contributed by atoms with Gasteiger partial charge in [0.2, 0.25) is 17.7 Å². The number of imidazole rings is 1. The summed E-state index contributed by atoms with van der Waals surface area (Å²) in [4.78, 5) is 57.8. The first-order valence-corrected chi connectivity index (χ1v) is 12.4. The van der Waals surface area contributed by atoms with E-state index >= 15 is 0 Å². The maximum atomic E-state index is 13.3. The molecule has 11 heteroatoms. The number of carbonyl (C=O) groups excluding carboxylic acids is 3. The highest BCUT2D eigenvalue weighted by Gasteiger charge is 2.33. The highest BCUT2D eigenvalue weighted by molar-refractivity contribution is 5.94. The van der Waals surface area contributed by atoms with Crippen LogP contribution in [0.3, 0.4) is 0 Å². The van der Waals surface area contributed by atoms with Crippen LogP contribution in [0.15, 0.2) is 42.9 Å². The van der Waals surface area contributed by atoms with Crippen LogP contribution in [-0.2, 0) is 32.0 Å². The Morgan fingerprint density at radius 2 is 1.59 bits per heavy atom. The molecule has 37 heavy (non-hydrogen) atoms. The van der Waals surface area contributed by atoms with E-state index in [9.17, 15) is 24.3 Å². The van der Waals surface area contributed by atoms with Crippen LogP contribution < -0.4 is 21.7 Å². The molecule has 1 heterocycles. The summed E-state index contributed by atoms with van der Waals surface area (Å²) in [5, 5.41) is 17.5. The Balaban J connectivity index is 2.16. The number of hydrogen-bond acceptors (Lipinski definition) is 6. The minimum Gasteiger partial charge on any atom is -0.480 e. The van der Waals surface area contributed by atoms with Gasteiger partial charge in [0.05, 0.1) is 12.4 Å². The summed E-state index contributed by atoms with van der Waals surface area (Å²) < 4.78 is 0. The lowest BCUT2D eigenvalue weighted by molar-refractivity contribution is -0.144. The third kappa shape index (κ3) is 9.02. The van der Waals surface area contributed by atoms with Crippen molar-refractivity contribution < 1.29 is 24.3 Å². The summed E-state index contributed by atoms with van der Waals surface area (Å²) >= 11 is 0. The normalized spacial score (nSPS) is 15.2. The molecule has 0 aliphatic rings. The molecule has 0 spiro atoms. The molecule has 5 atom stereocenters. The molecule has 2 rings (SSSR count). The average molecular weight is 515 g/mol. The molecule has 1 aromatic carbocycles. The Labute approximate surface area is 217 Å². The van der Waals surface area contributed by atoms with Gasteiger partial charge in [0.1, 0.15) is 18.1 Å². The van der Waals surface area contributed by atoms with Crippen LogP contribution in [0.4, 0.5) is 0 Å². The second-order valence-electron chi connectivity index (χ2n) is 9.58. The number of nitrogens with two attached hydrogens (primary N) is 1. The van der Waals surface area contributed by atoms with Gasteiger partial charge in [-0.1, -0.05) is 64.4 Å². The third-order valence-electron chi connectivity index (χ3n) is 6.27. The zero-order valence-corrected chi connectivity index (χ0v) is 21.7. The second-order valence-corrected chi connectivity index (χ2v) is 9.58. The van der Waals surface area contributed by atoms with E-state index in [4.69, 9.17) is 5.73 Å². The number of nitrogens with zero attached hydrogens (tertiary/aromatic N) is 1. The molecule has 7 N–H and O–H groups in total. The molecule has 0 saturated heterocycles. The number of carboxylic acid groups (broad SMARTS) is 1. The van der Waals surface area contributed by atoms with Crippen molar-refractivity contribution in [1.29, 1.82) is 0 Å². The molecule has 202 valence electrons. The minimum atomic E-state index is -1.15. The number of amides is 3. The minimum absolute atomic E-state index is 0.0900. The molecule has 1 aromatic heterocycles. The zero-order chi connectivity index (χ0) is 27.5. The quantitative estimate of drug-likeness (QED) is 0.215. The van der Waals surface area contributed by atoms with Crippen molar-refractivity contribution in [2.75, 3.05) is 0 Å². The highest BCUT2D eigenvalue weighted by atomic mass is 16.4. The molecule has 11 nitrogen and oxygen atoms in total. The molecule has 0 saturated carbocycles. The van der Waals surface area contributed by atoms with Crippen LogP contribution >= 0.6 is 0 Å². The van der Waals surface area contributed by atoms with E-state index in [1.54, 1.807) is 20.8 Å². The Morgan fingerprint density at radius 1 is 0.946 bits per heavy atom. The zero-order valence-electron chi connectivity index (χ0n) is 21.7. The van der Waals surface area contributed by atoms with Crippen LogP contribution in [0, 0.1) is 11.8 Å². The number of benzene rings is 1. The summed E-state index contributed by atoms with van der Waals surface area (Å²) in [6, 6.07) is 5.23. The predicted octanol–water partition coefficient (Wildman–Crippen LogP) is 0.763. The Bertz CT molecular complexity index is 1030. The molecule has 0 aliphatic heterocycles. The molecular formula is C26H38N6O5. The van der Waals surface area contributed by atoms with E-state index in [0.29, 0.717) is 12.1 Å². The summed E-state index contributed by atoms with van der Waals surface area (Å²) in [5.41, 5.74) is 7.59. The maximum Gasteiger partial charge on any atom is 0.326 e. The molecule has 3 amide bonds. The fraction of sp³-hybridized carbons (Fsp3) is 0.500. The number of aliphatic carboxylic acids is 1. The number of rotatable bonds is 14. The van der Waals surface area contributed by atoms with Crippen LogP contribution in [0.5, 0.6) is 0 Å². The van der Waals surface area contributed by atoms with Gasteiger partial charge in [-0.15, -0.1) is 0 Å². The largest absolute Gasteiger partial charge is 0.480 e. The van der Waals surface area contributed by atoms with Gasteiger partial charge in [-0.05, 0) is 23.8 Å². The van der Waals surface area contributed by atoms with Crippen LogP contribution in [0.2, 0.25) is 0 Å². The van der Waals surface area contributed by atoms with E-state index in [1.165, 1.54) is 12.5 Å². The number of carbonyl (C=O) groups is 4. The van der Waals surface area contributed by atoms with E-state index in [1.807, 2.05) is 37.3 Å². The number of aromatic nitrogens is 2. The number of hydrogen-bond donors (Lipinski definition) is 6. The Hall–Kier alpha value is -3.73. The van der Waals surface area contributed by atoms with Crippen LogP contribution in [0.25, 0.3) is 0 Å². The Morgan fingerprint density at radius 3 is 2.14 bits per heavy atom. The molecule has 0 bridgehead atoms. The van der Waals surface area contributed by atoms with Gasteiger partial charge in [0.15, 0.2) is 0 Å². The first-order valence-electron chi connectivity index (χ1n) is 12.4. The van der Waals surface area contributed by atoms with Crippen molar-refractivity contribution in [2.45, 2.75) is 71.1 Å². The summed E-state index contributed by atoms with van der Waals surface area (Å²) in [6.07, 6.45) is 3.92. The van der Waals surface area contributed by atoms with Gasteiger partial charge in [-0.3, -0.25) is 14.4 Å². The Kier molecular flexibility index (Phi) is 11.3. The van der Waals surface area contributed by atoms with E-state index in [0.717, 1.165) is 5.56 Å². The topological polar surface area (TPSA) is 179 Å². The van der Waals surface area contributed by atoms with Crippen molar-refractivity contribution in [3.05, 3.63) is 54.1 Å². The van der Waals surface area contributed by atoms with Gasteiger partial charge in [0, 0.05) is 18.3 Å².